The fraction of sp³-hybridized carbons (Fsp3) is 0.500. The minimum Gasteiger partial charge on any atom is -0.507 e. The summed E-state index contributed by atoms with van der Waals surface area (Å²) in [5.41, 5.74) is -2.06. The molecule has 1 fully saturated rings. The number of aliphatic hydroxyl groups is 3. The molecule has 9 atom stereocenters. The lowest BCUT2D eigenvalue weighted by Gasteiger charge is -2.38. The van der Waals surface area contributed by atoms with Gasteiger partial charge in [-0.05, 0) is 20.8 Å². The molecule has 1 saturated heterocycles. The summed E-state index contributed by atoms with van der Waals surface area (Å²) in [4.78, 5) is 65.3. The normalized spacial score (nSPS) is 29.8. The van der Waals surface area contributed by atoms with Gasteiger partial charge in [-0.1, -0.05) is 58.1 Å². The SMILES string of the molecule is CO[C@H]1/C=C/C[C@@]2(C)Oc3c(C)c(O)c4c(=O)c(c5oc6cc(N7CCN(CCO)CC7)cc(O)c6nc-5c4c3C2=O)NC(=O)/C(C)=C\C=C\[C@H](C)[C@H](O)[C@@H](C)[C@@H](O)[C@@H](C)[C@H](OC(C)=O)[C@@H]1C. The molecule has 2 aromatic carbocycles. The van der Waals surface area contributed by atoms with Crippen LogP contribution in [0.4, 0.5) is 11.4 Å². The number of piperazine rings is 1. The summed E-state index contributed by atoms with van der Waals surface area (Å²) >= 11 is 0. The van der Waals surface area contributed by atoms with Crippen LogP contribution in [0.2, 0.25) is 0 Å². The van der Waals surface area contributed by atoms with Gasteiger partial charge in [-0.25, -0.2) is 4.98 Å². The molecule has 17 heteroatoms. The van der Waals surface area contributed by atoms with E-state index in [1.807, 2.05) is 11.8 Å². The number of esters is 1. The van der Waals surface area contributed by atoms with Crippen LogP contribution in [-0.4, -0.2) is 130 Å². The van der Waals surface area contributed by atoms with E-state index in [4.69, 9.17) is 23.6 Å². The third-order valence-corrected chi connectivity index (χ3v) is 13.9. The molecule has 0 spiro atoms. The van der Waals surface area contributed by atoms with Gasteiger partial charge in [0.2, 0.25) is 11.2 Å². The van der Waals surface area contributed by atoms with Gasteiger partial charge in [0.1, 0.15) is 40.3 Å². The summed E-state index contributed by atoms with van der Waals surface area (Å²) in [6, 6.07) is 3.22. The Morgan fingerprint density at radius 3 is 2.33 bits per heavy atom. The van der Waals surface area contributed by atoms with E-state index in [0.29, 0.717) is 38.4 Å². The van der Waals surface area contributed by atoms with E-state index in [1.54, 1.807) is 64.1 Å². The van der Waals surface area contributed by atoms with E-state index in [-0.39, 0.29) is 80.2 Å². The van der Waals surface area contributed by atoms with Gasteiger partial charge in [-0.2, -0.15) is 0 Å². The highest BCUT2D eigenvalue weighted by Gasteiger charge is 2.48. The molecule has 6 N–H and O–H groups in total. The standard InChI is InChI=1S/C50H62N4O13/c1-24-12-10-13-25(2)49(63)52-40-44(61)36-35(39-47(40)66-34-23-31(22-32(57)38(34)51-39)54-18-16-53(17-19-54)20-21-55)37-46(29(6)43(36)60)67-50(8,48(37)62)15-11-14-33(64-9)26(3)45(65-30(7)56)28(5)42(59)27(4)41(24)58/h10-14,22-24,26-28,33,41-42,45,55,57-60H,15-21H2,1-9H3,(H,52,63)/b12-10+,14-11+,25-13-/t24-,26+,27+,28+,33-,41-,42+,45+,50+/m0/s1. The minimum absolute atomic E-state index is 0.00751. The quantitative estimate of drug-likeness (QED) is 0.0650. The number of ketones is 1. The predicted molar refractivity (Wildman–Crippen MR) is 252 cm³/mol. The predicted octanol–water partition coefficient (Wildman–Crippen LogP) is 5.23. The molecule has 5 aliphatic rings. The summed E-state index contributed by atoms with van der Waals surface area (Å²) in [5, 5.41) is 58.2. The Balaban J connectivity index is 1.43. The van der Waals surface area contributed by atoms with Gasteiger partial charge >= 0.3 is 5.97 Å². The van der Waals surface area contributed by atoms with Crippen LogP contribution in [0.1, 0.15) is 70.8 Å². The molecule has 1 aliphatic carbocycles. The average Bonchev–Trinajstić information content (AvgIpc) is 3.56. The molecule has 1 amide bonds. The number of anilines is 2. The Morgan fingerprint density at radius 2 is 1.67 bits per heavy atom. The Labute approximate surface area is 388 Å². The van der Waals surface area contributed by atoms with Crippen molar-refractivity contribution < 1.29 is 58.5 Å². The number of hydrogen-bond acceptors (Lipinski definition) is 16. The summed E-state index contributed by atoms with van der Waals surface area (Å²) in [7, 11) is 1.49. The van der Waals surface area contributed by atoms with Crippen LogP contribution in [0.15, 0.2) is 57.3 Å². The topological polar surface area (TPSA) is 242 Å². The highest BCUT2D eigenvalue weighted by atomic mass is 16.5. The number of phenolic OH excluding ortho intramolecular Hbond substituents is 2. The van der Waals surface area contributed by atoms with Crippen LogP contribution >= 0.6 is 0 Å². The molecular formula is C50H62N4O13. The second-order valence-electron chi connectivity index (χ2n) is 18.6. The maximum atomic E-state index is 14.9. The zero-order chi connectivity index (χ0) is 48.8. The molecule has 0 saturated carbocycles. The molecule has 7 rings (SSSR count). The first kappa shape index (κ1) is 49.1. The molecular weight excluding hydrogens is 865 g/mol. The van der Waals surface area contributed by atoms with Crippen molar-refractivity contribution in [1.82, 2.24) is 9.88 Å². The number of nitrogens with one attached hydrogen (secondary N) is 1. The first-order chi connectivity index (χ1) is 31.7. The molecule has 0 radical (unpaired) electrons. The van der Waals surface area contributed by atoms with E-state index < -0.39 is 82.5 Å². The van der Waals surface area contributed by atoms with Gasteiger partial charge < -0.3 is 54.4 Å². The largest absolute Gasteiger partial charge is 0.507 e. The maximum absolute atomic E-state index is 14.9. The van der Waals surface area contributed by atoms with Crippen molar-refractivity contribution in [1.29, 1.82) is 0 Å². The maximum Gasteiger partial charge on any atom is 0.302 e. The van der Waals surface area contributed by atoms with Crippen molar-refractivity contribution in [3.63, 3.8) is 0 Å². The number of nitrogens with zero attached hydrogens (tertiary/aromatic N) is 3. The number of aromatic nitrogens is 1. The number of β-amino-alcohol motifs (C(OH)–C–C–N with tert-alkyl or cyclic N) is 1. The number of amides is 1. The number of benzene rings is 3. The summed E-state index contributed by atoms with van der Waals surface area (Å²) in [6.07, 6.45) is 4.37. The Kier molecular flexibility index (Phi) is 14.2. The van der Waals surface area contributed by atoms with Crippen LogP contribution in [0.5, 0.6) is 17.2 Å². The van der Waals surface area contributed by atoms with E-state index in [2.05, 4.69) is 10.2 Å². The van der Waals surface area contributed by atoms with Gasteiger partial charge in [-0.3, -0.25) is 24.1 Å². The highest BCUT2D eigenvalue weighted by molar-refractivity contribution is 6.23. The number of ether oxygens (including phenoxy) is 3. The average molecular weight is 927 g/mol. The molecule has 4 heterocycles. The van der Waals surface area contributed by atoms with Crippen LogP contribution in [0, 0.1) is 30.6 Å². The molecule has 4 bridgehead atoms. The highest BCUT2D eigenvalue weighted by Crippen LogP contribution is 2.51. The number of rotatable bonds is 5. The molecule has 67 heavy (non-hydrogen) atoms. The smallest absolute Gasteiger partial charge is 0.302 e. The molecule has 0 aromatic heterocycles. The second kappa shape index (κ2) is 19.4. The van der Waals surface area contributed by atoms with Crippen molar-refractivity contribution in [2.24, 2.45) is 23.7 Å². The van der Waals surface area contributed by atoms with Crippen molar-refractivity contribution >= 4 is 50.9 Å². The zero-order valence-electron chi connectivity index (χ0n) is 39.5. The lowest BCUT2D eigenvalue weighted by molar-refractivity contribution is -0.160. The lowest BCUT2D eigenvalue weighted by atomic mass is 9.78. The Morgan fingerprint density at radius 1 is 0.970 bits per heavy atom. The van der Waals surface area contributed by atoms with Crippen molar-refractivity contribution in [2.45, 2.75) is 91.8 Å². The van der Waals surface area contributed by atoms with E-state index in [0.717, 1.165) is 0 Å². The number of aromatic hydroxyl groups is 2. The number of fused-ring (bicyclic) bond motifs is 2. The van der Waals surface area contributed by atoms with Crippen molar-refractivity contribution in [3.05, 3.63) is 69.4 Å². The number of phenols is 2. The number of aliphatic hydroxyl groups excluding tert-OH is 3. The van der Waals surface area contributed by atoms with Crippen LogP contribution < -0.4 is 20.4 Å². The van der Waals surface area contributed by atoms with Crippen LogP contribution in [0.3, 0.4) is 0 Å². The fourth-order valence-corrected chi connectivity index (χ4v) is 9.73. The number of carbonyl (C=O) groups excluding carboxylic acids is 3. The number of hydrogen-bond donors (Lipinski definition) is 6. The number of carbonyl (C=O) groups is 3. The number of methoxy groups -OCH3 is 1. The summed E-state index contributed by atoms with van der Waals surface area (Å²) < 4.78 is 24.7. The van der Waals surface area contributed by atoms with Crippen molar-refractivity contribution in [2.75, 3.05) is 56.7 Å². The summed E-state index contributed by atoms with van der Waals surface area (Å²) in [5.74, 6) is -5.22. The van der Waals surface area contributed by atoms with Gasteiger partial charge in [0.05, 0.1) is 35.9 Å². The first-order valence-electron chi connectivity index (χ1n) is 22.8. The minimum atomic E-state index is -1.59. The summed E-state index contributed by atoms with van der Waals surface area (Å²) in [6.45, 7) is 16.0. The van der Waals surface area contributed by atoms with Gasteiger partial charge in [-0.15, -0.1) is 0 Å². The van der Waals surface area contributed by atoms with E-state index >= 15 is 0 Å². The van der Waals surface area contributed by atoms with Gasteiger partial charge in [0, 0.05) is 111 Å². The zero-order valence-corrected chi connectivity index (χ0v) is 39.5. The third-order valence-electron chi connectivity index (χ3n) is 13.9. The van der Waals surface area contributed by atoms with E-state index in [9.17, 15) is 44.7 Å². The van der Waals surface area contributed by atoms with Crippen molar-refractivity contribution in [3.8, 4) is 28.7 Å². The van der Waals surface area contributed by atoms with Gasteiger partial charge in [0.25, 0.3) is 5.91 Å². The third kappa shape index (κ3) is 9.14. The molecule has 17 nitrogen and oxygen atoms in total. The Hall–Kier alpha value is -5.85. The first-order valence-corrected chi connectivity index (χ1v) is 22.8. The fourth-order valence-electron chi connectivity index (χ4n) is 9.73. The number of allylic oxidation sites excluding steroid dienone is 2. The second-order valence-corrected chi connectivity index (χ2v) is 18.6. The lowest BCUT2D eigenvalue weighted by Crippen LogP contribution is -2.47. The Bertz CT molecular complexity index is 2700. The molecule has 4 aliphatic heterocycles. The number of Topliss-reactive ketones (excluding diaryl/α,β-unsaturated/α-hetero) is 1. The monoisotopic (exact) mass is 926 g/mol. The molecule has 360 valence electrons. The van der Waals surface area contributed by atoms with Crippen LogP contribution in [0.25, 0.3) is 33.3 Å². The molecule has 2 aromatic rings. The van der Waals surface area contributed by atoms with Crippen LogP contribution in [-0.2, 0) is 19.1 Å². The molecule has 0 unspecified atom stereocenters. The van der Waals surface area contributed by atoms with Gasteiger partial charge in [0.15, 0.2) is 16.9 Å². The van der Waals surface area contributed by atoms with E-state index in [1.165, 1.54) is 34.0 Å².